The smallest absolute Gasteiger partial charge is 0.253 e. The largest absolute Gasteiger partial charge is 0.508 e. The van der Waals surface area contributed by atoms with E-state index in [0.717, 1.165) is 18.4 Å². The molecule has 3 rings (SSSR count). The second-order valence-electron chi connectivity index (χ2n) is 5.90. The van der Waals surface area contributed by atoms with E-state index >= 15 is 0 Å². The van der Waals surface area contributed by atoms with Crippen molar-refractivity contribution in [2.45, 2.75) is 31.4 Å². The molecule has 0 spiro atoms. The zero-order chi connectivity index (χ0) is 16.4. The van der Waals surface area contributed by atoms with E-state index in [1.807, 2.05) is 6.07 Å². The molecule has 1 amide bonds. The number of aryl methyl sites for hydroxylation is 1. The minimum Gasteiger partial charge on any atom is -0.508 e. The summed E-state index contributed by atoms with van der Waals surface area (Å²) in [6, 6.07) is 11.2. The van der Waals surface area contributed by atoms with Crippen molar-refractivity contribution in [1.82, 2.24) is 5.32 Å². The number of benzene rings is 2. The summed E-state index contributed by atoms with van der Waals surface area (Å²) >= 11 is 0. The Morgan fingerprint density at radius 3 is 2.48 bits per heavy atom. The number of aliphatic hydroxyl groups excluding tert-OH is 1. The van der Waals surface area contributed by atoms with Crippen LogP contribution < -0.4 is 5.32 Å². The van der Waals surface area contributed by atoms with Gasteiger partial charge in [-0.1, -0.05) is 18.2 Å². The summed E-state index contributed by atoms with van der Waals surface area (Å²) in [5.41, 5.74) is 2.65. The molecule has 0 saturated heterocycles. The van der Waals surface area contributed by atoms with Crippen LogP contribution in [0.3, 0.4) is 0 Å². The van der Waals surface area contributed by atoms with E-state index in [1.54, 1.807) is 12.1 Å². The van der Waals surface area contributed by atoms with E-state index in [-0.39, 0.29) is 17.5 Å². The monoisotopic (exact) mass is 313 g/mol. The molecule has 0 aliphatic heterocycles. The van der Waals surface area contributed by atoms with Gasteiger partial charge in [-0.05, 0) is 60.2 Å². The summed E-state index contributed by atoms with van der Waals surface area (Å²) in [7, 11) is 0. The average molecular weight is 313 g/mol. The van der Waals surface area contributed by atoms with Crippen LogP contribution in [-0.2, 0) is 17.6 Å². The fourth-order valence-corrected chi connectivity index (χ4v) is 2.95. The molecule has 1 aliphatic rings. The molecule has 0 fully saturated rings. The lowest BCUT2D eigenvalue weighted by molar-refractivity contribution is -0.130. The number of amides is 1. The standard InChI is InChI=1S/C18H19NO4/c20-15-6-3-12(4-7-15)17(22)18(23)19-14-5-1-11-2-8-16(21)10-13(11)9-14/h2-4,6-8,10,14,17,20-22H,1,5,9H2,(H,19,23). The van der Waals surface area contributed by atoms with Gasteiger partial charge in [-0.2, -0.15) is 0 Å². The van der Waals surface area contributed by atoms with E-state index in [0.29, 0.717) is 12.0 Å². The molecule has 0 radical (unpaired) electrons. The molecule has 23 heavy (non-hydrogen) atoms. The molecule has 0 aromatic heterocycles. The van der Waals surface area contributed by atoms with Gasteiger partial charge in [0.15, 0.2) is 6.10 Å². The van der Waals surface area contributed by atoms with Gasteiger partial charge in [-0.3, -0.25) is 4.79 Å². The van der Waals surface area contributed by atoms with Crippen LogP contribution in [0.25, 0.3) is 0 Å². The Hall–Kier alpha value is -2.53. The second kappa shape index (κ2) is 6.30. The summed E-state index contributed by atoms with van der Waals surface area (Å²) in [4.78, 5) is 12.2. The first-order valence-electron chi connectivity index (χ1n) is 7.61. The predicted octanol–water partition coefficient (Wildman–Crippen LogP) is 1.80. The number of phenols is 2. The van der Waals surface area contributed by atoms with Crippen LogP contribution in [0.4, 0.5) is 0 Å². The molecule has 2 aromatic rings. The van der Waals surface area contributed by atoms with Gasteiger partial charge in [-0.25, -0.2) is 0 Å². The maximum absolute atomic E-state index is 12.2. The summed E-state index contributed by atoms with van der Waals surface area (Å²) in [6.07, 6.45) is 1.00. The number of rotatable bonds is 3. The molecule has 1 aliphatic carbocycles. The van der Waals surface area contributed by atoms with Gasteiger partial charge in [0.25, 0.3) is 5.91 Å². The fraction of sp³-hybridized carbons (Fsp3) is 0.278. The molecular weight excluding hydrogens is 294 g/mol. The lowest BCUT2D eigenvalue weighted by atomic mass is 9.88. The molecule has 120 valence electrons. The van der Waals surface area contributed by atoms with Gasteiger partial charge in [0.1, 0.15) is 11.5 Å². The third-order valence-electron chi connectivity index (χ3n) is 4.22. The van der Waals surface area contributed by atoms with Crippen molar-refractivity contribution in [2.75, 3.05) is 0 Å². The zero-order valence-corrected chi connectivity index (χ0v) is 12.6. The summed E-state index contributed by atoms with van der Waals surface area (Å²) < 4.78 is 0. The molecule has 0 bridgehead atoms. The van der Waals surface area contributed by atoms with Crippen molar-refractivity contribution in [2.24, 2.45) is 0 Å². The Morgan fingerprint density at radius 1 is 1.04 bits per heavy atom. The van der Waals surface area contributed by atoms with Crippen LogP contribution in [0.5, 0.6) is 11.5 Å². The van der Waals surface area contributed by atoms with Gasteiger partial charge in [0.2, 0.25) is 0 Å². The first-order valence-corrected chi connectivity index (χ1v) is 7.61. The lowest BCUT2D eigenvalue weighted by Crippen LogP contribution is -2.41. The Bertz CT molecular complexity index is 711. The lowest BCUT2D eigenvalue weighted by Gasteiger charge is -2.26. The maximum Gasteiger partial charge on any atom is 0.253 e. The molecule has 0 heterocycles. The topological polar surface area (TPSA) is 89.8 Å². The Labute approximate surface area is 134 Å². The van der Waals surface area contributed by atoms with Crippen LogP contribution in [-0.4, -0.2) is 27.3 Å². The quantitative estimate of drug-likeness (QED) is 0.695. The highest BCUT2D eigenvalue weighted by atomic mass is 16.3. The van der Waals surface area contributed by atoms with Gasteiger partial charge in [0, 0.05) is 6.04 Å². The first kappa shape index (κ1) is 15.4. The highest BCUT2D eigenvalue weighted by molar-refractivity contribution is 5.82. The number of hydrogen-bond donors (Lipinski definition) is 4. The molecule has 4 N–H and O–H groups in total. The van der Waals surface area contributed by atoms with E-state index in [1.165, 1.54) is 29.8 Å². The third-order valence-corrected chi connectivity index (χ3v) is 4.22. The number of carbonyl (C=O) groups excluding carboxylic acids is 1. The number of hydrogen-bond acceptors (Lipinski definition) is 4. The van der Waals surface area contributed by atoms with E-state index in [2.05, 4.69) is 5.32 Å². The highest BCUT2D eigenvalue weighted by Crippen LogP contribution is 2.25. The minimum absolute atomic E-state index is 0.0661. The van der Waals surface area contributed by atoms with Crippen LogP contribution in [0.2, 0.25) is 0 Å². The number of aromatic hydroxyl groups is 2. The summed E-state index contributed by atoms with van der Waals surface area (Å²) in [6.45, 7) is 0. The van der Waals surface area contributed by atoms with Crippen molar-refractivity contribution in [1.29, 1.82) is 0 Å². The van der Waals surface area contributed by atoms with Crippen molar-refractivity contribution < 1.29 is 20.1 Å². The van der Waals surface area contributed by atoms with Crippen LogP contribution >= 0.6 is 0 Å². The van der Waals surface area contributed by atoms with Gasteiger partial charge < -0.3 is 20.6 Å². The average Bonchev–Trinajstić information content (AvgIpc) is 2.54. The van der Waals surface area contributed by atoms with Gasteiger partial charge in [-0.15, -0.1) is 0 Å². The Morgan fingerprint density at radius 2 is 1.74 bits per heavy atom. The SMILES string of the molecule is O=C(NC1CCc2ccc(O)cc2C1)C(O)c1ccc(O)cc1. The van der Waals surface area contributed by atoms with Gasteiger partial charge >= 0.3 is 0 Å². The van der Waals surface area contributed by atoms with E-state index < -0.39 is 12.0 Å². The van der Waals surface area contributed by atoms with Crippen molar-refractivity contribution in [3.8, 4) is 11.5 Å². The normalized spacial score (nSPS) is 18.0. The molecule has 2 unspecified atom stereocenters. The predicted molar refractivity (Wildman–Crippen MR) is 85.1 cm³/mol. The van der Waals surface area contributed by atoms with Crippen molar-refractivity contribution in [3.05, 3.63) is 59.2 Å². The molecule has 5 heteroatoms. The third kappa shape index (κ3) is 3.46. The maximum atomic E-state index is 12.2. The number of aliphatic hydroxyl groups is 1. The first-order chi connectivity index (χ1) is 11.0. The zero-order valence-electron chi connectivity index (χ0n) is 12.6. The molecule has 0 saturated carbocycles. The van der Waals surface area contributed by atoms with E-state index in [4.69, 9.17) is 0 Å². The van der Waals surface area contributed by atoms with Crippen molar-refractivity contribution in [3.63, 3.8) is 0 Å². The molecule has 5 nitrogen and oxygen atoms in total. The van der Waals surface area contributed by atoms with Crippen molar-refractivity contribution >= 4 is 5.91 Å². The van der Waals surface area contributed by atoms with Crippen LogP contribution in [0.1, 0.15) is 29.2 Å². The van der Waals surface area contributed by atoms with E-state index in [9.17, 15) is 20.1 Å². The number of fused-ring (bicyclic) bond motifs is 1. The highest BCUT2D eigenvalue weighted by Gasteiger charge is 2.24. The number of nitrogens with one attached hydrogen (secondary N) is 1. The summed E-state index contributed by atoms with van der Waals surface area (Å²) in [5, 5.41) is 31.8. The fourth-order valence-electron chi connectivity index (χ4n) is 2.95. The number of phenolic OH excluding ortho intramolecular Hbond substituents is 2. The molecule has 2 atom stereocenters. The minimum atomic E-state index is -1.26. The summed E-state index contributed by atoms with van der Waals surface area (Å²) in [5.74, 6) is -0.144. The second-order valence-corrected chi connectivity index (χ2v) is 5.90. The van der Waals surface area contributed by atoms with Crippen LogP contribution in [0.15, 0.2) is 42.5 Å². The molecular formula is C18H19NO4. The number of carbonyl (C=O) groups is 1. The Balaban J connectivity index is 1.65. The molecule has 2 aromatic carbocycles. The van der Waals surface area contributed by atoms with Crippen LogP contribution in [0, 0.1) is 0 Å². The Kier molecular flexibility index (Phi) is 4.21. The van der Waals surface area contributed by atoms with Gasteiger partial charge in [0.05, 0.1) is 0 Å².